The van der Waals surface area contributed by atoms with Crippen LogP contribution in [0.1, 0.15) is 31.8 Å². The first kappa shape index (κ1) is 23.3. The zero-order valence-electron chi connectivity index (χ0n) is 17.9. The average molecular weight is 446 g/mol. The van der Waals surface area contributed by atoms with E-state index in [9.17, 15) is 14.4 Å². The molecule has 0 atom stereocenters. The third-order valence-corrected chi connectivity index (χ3v) is 4.60. The molecular formula is C26H22O7. The maximum absolute atomic E-state index is 12.5. The van der Waals surface area contributed by atoms with Crippen molar-refractivity contribution in [1.29, 1.82) is 0 Å². The molecule has 0 spiro atoms. The number of carboxylic acid groups (broad SMARTS) is 1. The third-order valence-electron chi connectivity index (χ3n) is 4.60. The molecule has 0 heterocycles. The van der Waals surface area contributed by atoms with Crippen LogP contribution in [-0.4, -0.2) is 36.5 Å². The van der Waals surface area contributed by atoms with Crippen molar-refractivity contribution in [2.75, 3.05) is 13.7 Å². The lowest BCUT2D eigenvalue weighted by Crippen LogP contribution is -2.09. The highest BCUT2D eigenvalue weighted by Crippen LogP contribution is 2.22. The number of hydrogen-bond donors (Lipinski definition) is 1. The Kier molecular flexibility index (Phi) is 7.96. The number of hydrogen-bond acceptors (Lipinski definition) is 6. The van der Waals surface area contributed by atoms with Crippen molar-refractivity contribution < 1.29 is 33.7 Å². The van der Waals surface area contributed by atoms with Gasteiger partial charge in [-0.1, -0.05) is 30.3 Å². The van der Waals surface area contributed by atoms with Gasteiger partial charge < -0.3 is 19.3 Å². The number of ether oxygens (including phenoxy) is 3. The Morgan fingerprint density at radius 1 is 0.848 bits per heavy atom. The average Bonchev–Trinajstić information content (AvgIpc) is 2.85. The number of para-hydroxylation sites is 1. The van der Waals surface area contributed by atoms with Gasteiger partial charge in [-0.15, -0.1) is 0 Å². The van der Waals surface area contributed by atoms with E-state index in [1.807, 2.05) is 24.3 Å². The topological polar surface area (TPSA) is 99.1 Å². The highest BCUT2D eigenvalue weighted by Gasteiger charge is 2.07. The zero-order valence-corrected chi connectivity index (χ0v) is 17.9. The molecule has 0 unspecified atom stereocenters. The van der Waals surface area contributed by atoms with Gasteiger partial charge in [0, 0.05) is 11.1 Å². The first-order chi connectivity index (χ1) is 16.0. The summed E-state index contributed by atoms with van der Waals surface area (Å²) in [6.07, 6.45) is 3.12. The molecule has 0 amide bonds. The SMILES string of the molecule is COC(=O)c1ccc(COc2ccccc2C=CC(=O)c2ccc(OCC(=O)O)cc2)cc1. The molecule has 3 aromatic rings. The van der Waals surface area contributed by atoms with E-state index in [1.165, 1.54) is 13.2 Å². The fourth-order valence-corrected chi connectivity index (χ4v) is 2.89. The summed E-state index contributed by atoms with van der Waals surface area (Å²) in [5.74, 6) is -0.706. The van der Waals surface area contributed by atoms with Gasteiger partial charge in [-0.3, -0.25) is 4.79 Å². The monoisotopic (exact) mass is 446 g/mol. The first-order valence-electron chi connectivity index (χ1n) is 10.0. The second-order valence-corrected chi connectivity index (χ2v) is 6.92. The number of carbonyl (C=O) groups excluding carboxylic acids is 2. The van der Waals surface area contributed by atoms with Crippen LogP contribution >= 0.6 is 0 Å². The molecule has 0 aromatic heterocycles. The number of allylic oxidation sites excluding steroid dienone is 1. The number of ketones is 1. The van der Waals surface area contributed by atoms with Crippen molar-refractivity contribution in [3.05, 3.63) is 101 Å². The van der Waals surface area contributed by atoms with Gasteiger partial charge >= 0.3 is 11.9 Å². The van der Waals surface area contributed by atoms with Gasteiger partial charge in [-0.2, -0.15) is 0 Å². The van der Waals surface area contributed by atoms with Crippen molar-refractivity contribution in [2.45, 2.75) is 6.61 Å². The minimum Gasteiger partial charge on any atom is -0.488 e. The van der Waals surface area contributed by atoms with Crippen LogP contribution in [0.5, 0.6) is 11.5 Å². The van der Waals surface area contributed by atoms with Gasteiger partial charge in [0.05, 0.1) is 12.7 Å². The Morgan fingerprint density at radius 2 is 1.52 bits per heavy atom. The molecule has 0 radical (unpaired) electrons. The summed E-state index contributed by atoms with van der Waals surface area (Å²) in [4.78, 5) is 34.6. The van der Waals surface area contributed by atoms with E-state index in [0.717, 1.165) is 11.1 Å². The fourth-order valence-electron chi connectivity index (χ4n) is 2.89. The molecule has 0 saturated carbocycles. The molecule has 0 saturated heterocycles. The summed E-state index contributed by atoms with van der Waals surface area (Å²) in [5.41, 5.74) is 2.52. The molecule has 0 aliphatic rings. The lowest BCUT2D eigenvalue weighted by atomic mass is 10.1. The number of carboxylic acids is 1. The Hall–Kier alpha value is -4.39. The van der Waals surface area contributed by atoms with Crippen molar-refractivity contribution in [2.24, 2.45) is 0 Å². The summed E-state index contributed by atoms with van der Waals surface area (Å²) < 4.78 is 15.7. The minimum atomic E-state index is -1.07. The molecule has 1 N–H and O–H groups in total. The second-order valence-electron chi connectivity index (χ2n) is 6.92. The van der Waals surface area contributed by atoms with E-state index in [1.54, 1.807) is 54.6 Å². The Bertz CT molecular complexity index is 1150. The van der Waals surface area contributed by atoms with Gasteiger partial charge in [0.15, 0.2) is 12.4 Å². The van der Waals surface area contributed by atoms with Crippen molar-refractivity contribution in [3.63, 3.8) is 0 Å². The van der Waals surface area contributed by atoms with Crippen molar-refractivity contribution in [3.8, 4) is 11.5 Å². The number of aliphatic carboxylic acids is 1. The molecule has 0 aliphatic heterocycles. The molecule has 0 fully saturated rings. The molecule has 168 valence electrons. The third kappa shape index (κ3) is 6.80. The van der Waals surface area contributed by atoms with Gasteiger partial charge in [-0.05, 0) is 60.2 Å². The van der Waals surface area contributed by atoms with Gasteiger partial charge in [0.25, 0.3) is 0 Å². The van der Waals surface area contributed by atoms with Crippen molar-refractivity contribution >= 4 is 23.8 Å². The second kappa shape index (κ2) is 11.3. The Labute approximate surface area is 190 Å². The van der Waals surface area contributed by atoms with Gasteiger partial charge in [-0.25, -0.2) is 9.59 Å². The number of rotatable bonds is 10. The largest absolute Gasteiger partial charge is 0.488 e. The molecule has 7 heteroatoms. The van der Waals surface area contributed by atoms with E-state index >= 15 is 0 Å². The first-order valence-corrected chi connectivity index (χ1v) is 10.0. The van der Waals surface area contributed by atoms with Crippen LogP contribution in [0.2, 0.25) is 0 Å². The number of methoxy groups -OCH3 is 1. The Balaban J connectivity index is 1.63. The molecular weight excluding hydrogens is 424 g/mol. The van der Waals surface area contributed by atoms with Crippen LogP contribution in [-0.2, 0) is 16.1 Å². The quantitative estimate of drug-likeness (QED) is 0.280. The predicted molar refractivity (Wildman–Crippen MR) is 121 cm³/mol. The summed E-state index contributed by atoms with van der Waals surface area (Å²) in [7, 11) is 1.33. The number of carbonyl (C=O) groups is 3. The minimum absolute atomic E-state index is 0.215. The number of benzene rings is 3. The van der Waals surface area contributed by atoms with Crippen molar-refractivity contribution in [1.82, 2.24) is 0 Å². The number of esters is 1. The molecule has 0 aliphatic carbocycles. The van der Waals surface area contributed by atoms with Crippen LogP contribution < -0.4 is 9.47 Å². The summed E-state index contributed by atoms with van der Waals surface area (Å²) in [5, 5.41) is 8.65. The van der Waals surface area contributed by atoms with E-state index in [-0.39, 0.29) is 12.4 Å². The van der Waals surface area contributed by atoms with E-state index in [2.05, 4.69) is 0 Å². The van der Waals surface area contributed by atoms with Crippen LogP contribution in [0.3, 0.4) is 0 Å². The molecule has 7 nitrogen and oxygen atoms in total. The summed E-state index contributed by atoms with van der Waals surface area (Å²) in [6, 6.07) is 20.5. The molecule has 3 aromatic carbocycles. The molecule has 0 bridgehead atoms. The van der Waals surface area contributed by atoms with Crippen LogP contribution in [0, 0.1) is 0 Å². The lowest BCUT2D eigenvalue weighted by molar-refractivity contribution is -0.139. The fraction of sp³-hybridized carbons (Fsp3) is 0.115. The normalized spacial score (nSPS) is 10.6. The summed E-state index contributed by atoms with van der Waals surface area (Å²) in [6.45, 7) is -0.155. The smallest absolute Gasteiger partial charge is 0.341 e. The molecule has 33 heavy (non-hydrogen) atoms. The molecule has 3 rings (SSSR count). The highest BCUT2D eigenvalue weighted by atomic mass is 16.5. The van der Waals surface area contributed by atoms with E-state index in [0.29, 0.717) is 22.6 Å². The van der Waals surface area contributed by atoms with Crippen LogP contribution in [0.25, 0.3) is 6.08 Å². The standard InChI is InChI=1S/C26H22O7/c1-31-26(30)21-8-6-18(7-9-21)16-33-24-5-3-2-4-20(24)12-15-23(27)19-10-13-22(14-11-19)32-17-25(28)29/h2-15H,16-17H2,1H3,(H,28,29). The van der Waals surface area contributed by atoms with Gasteiger partial charge in [0.1, 0.15) is 18.1 Å². The highest BCUT2D eigenvalue weighted by molar-refractivity contribution is 6.07. The van der Waals surface area contributed by atoms with E-state index < -0.39 is 18.5 Å². The maximum Gasteiger partial charge on any atom is 0.341 e. The van der Waals surface area contributed by atoms with E-state index in [4.69, 9.17) is 19.3 Å². The Morgan fingerprint density at radius 3 is 2.18 bits per heavy atom. The maximum atomic E-state index is 12.5. The van der Waals surface area contributed by atoms with Crippen LogP contribution in [0.15, 0.2) is 78.9 Å². The zero-order chi connectivity index (χ0) is 23.6. The predicted octanol–water partition coefficient (Wildman–Crippen LogP) is 4.41. The lowest BCUT2D eigenvalue weighted by Gasteiger charge is -2.10. The van der Waals surface area contributed by atoms with Gasteiger partial charge in [0.2, 0.25) is 0 Å². The van der Waals surface area contributed by atoms with Crippen LogP contribution in [0.4, 0.5) is 0 Å². The summed E-state index contributed by atoms with van der Waals surface area (Å²) >= 11 is 0.